The van der Waals surface area contributed by atoms with Gasteiger partial charge in [-0.2, -0.15) is 0 Å². The van der Waals surface area contributed by atoms with Crippen LogP contribution in [0.3, 0.4) is 0 Å². The Balaban J connectivity index is 1.64. The van der Waals surface area contributed by atoms with E-state index in [-0.39, 0.29) is 17.0 Å². The molecule has 0 aliphatic heterocycles. The van der Waals surface area contributed by atoms with Gasteiger partial charge in [0.2, 0.25) is 5.89 Å². The first-order chi connectivity index (χ1) is 14.5. The number of anilines is 1. The second-order valence-electron chi connectivity index (χ2n) is 6.28. The van der Waals surface area contributed by atoms with E-state index in [1.54, 1.807) is 24.3 Å². The molecule has 0 aliphatic rings. The maximum absolute atomic E-state index is 12.6. The normalized spacial score (nSPS) is 10.7. The summed E-state index contributed by atoms with van der Waals surface area (Å²) in [5.74, 6) is -0.134. The van der Waals surface area contributed by atoms with Gasteiger partial charge in [0.25, 0.3) is 5.91 Å². The molecular weight excluding hydrogens is 410 g/mol. The molecule has 0 bridgehead atoms. The van der Waals surface area contributed by atoms with Crippen molar-refractivity contribution in [3.8, 4) is 17.2 Å². The lowest BCUT2D eigenvalue weighted by Crippen LogP contribution is -2.12. The molecule has 8 nitrogen and oxygen atoms in total. The Morgan fingerprint density at radius 2 is 1.97 bits per heavy atom. The molecule has 30 heavy (non-hydrogen) atoms. The second-order valence-corrected chi connectivity index (χ2v) is 6.69. The van der Waals surface area contributed by atoms with Crippen LogP contribution in [0.5, 0.6) is 5.75 Å². The standard InChI is InChI=1S/C21H14ClN3O5/c1-29-19-9-6-12(10-17(19)25(27)28)20(26)23-13-7-8-15(22)14(11-13)21-24-16-4-2-3-5-18(16)30-21/h2-11H,1H3,(H,23,26). The predicted molar refractivity (Wildman–Crippen MR) is 112 cm³/mol. The first-order valence-corrected chi connectivity index (χ1v) is 9.13. The fraction of sp³-hybridized carbons (Fsp3) is 0.0476. The molecule has 3 aromatic carbocycles. The molecule has 1 aromatic heterocycles. The Bertz CT molecular complexity index is 1250. The van der Waals surface area contributed by atoms with Crippen LogP contribution in [0.15, 0.2) is 65.1 Å². The Kier molecular flexibility index (Phi) is 5.07. The van der Waals surface area contributed by atoms with E-state index >= 15 is 0 Å². The number of nitrogens with one attached hydrogen (secondary N) is 1. The lowest BCUT2D eigenvalue weighted by Gasteiger charge is -2.08. The third-order valence-corrected chi connectivity index (χ3v) is 4.72. The minimum Gasteiger partial charge on any atom is -0.490 e. The molecule has 0 radical (unpaired) electrons. The molecule has 1 amide bonds. The highest BCUT2D eigenvalue weighted by molar-refractivity contribution is 6.33. The zero-order valence-corrected chi connectivity index (χ0v) is 16.3. The number of benzene rings is 3. The van der Waals surface area contributed by atoms with Crippen molar-refractivity contribution in [2.45, 2.75) is 0 Å². The van der Waals surface area contributed by atoms with Crippen LogP contribution in [0.1, 0.15) is 10.4 Å². The second kappa shape index (κ2) is 7.84. The monoisotopic (exact) mass is 423 g/mol. The molecule has 0 aliphatic carbocycles. The van der Waals surface area contributed by atoms with Crippen LogP contribution in [0.25, 0.3) is 22.6 Å². The number of para-hydroxylation sites is 2. The van der Waals surface area contributed by atoms with Crippen molar-refractivity contribution in [3.63, 3.8) is 0 Å². The Labute approximate surface area is 175 Å². The maximum Gasteiger partial charge on any atom is 0.311 e. The number of methoxy groups -OCH3 is 1. The molecule has 0 spiro atoms. The van der Waals surface area contributed by atoms with Gasteiger partial charge in [0.05, 0.1) is 22.6 Å². The molecule has 1 N–H and O–H groups in total. The summed E-state index contributed by atoms with van der Waals surface area (Å²) in [6.45, 7) is 0. The molecule has 4 aromatic rings. The van der Waals surface area contributed by atoms with E-state index in [4.69, 9.17) is 20.8 Å². The lowest BCUT2D eigenvalue weighted by molar-refractivity contribution is -0.385. The molecule has 0 unspecified atom stereocenters. The van der Waals surface area contributed by atoms with Crippen LogP contribution in [-0.2, 0) is 0 Å². The molecule has 0 fully saturated rings. The van der Waals surface area contributed by atoms with Crippen molar-refractivity contribution in [1.29, 1.82) is 0 Å². The maximum atomic E-state index is 12.6. The van der Waals surface area contributed by atoms with Crippen molar-refractivity contribution in [1.82, 2.24) is 4.98 Å². The van der Waals surface area contributed by atoms with Gasteiger partial charge >= 0.3 is 5.69 Å². The zero-order chi connectivity index (χ0) is 21.3. The van der Waals surface area contributed by atoms with E-state index in [0.717, 1.165) is 6.07 Å². The highest BCUT2D eigenvalue weighted by Gasteiger charge is 2.19. The quantitative estimate of drug-likeness (QED) is 0.344. The summed E-state index contributed by atoms with van der Waals surface area (Å²) in [5.41, 5.74) is 2.05. The van der Waals surface area contributed by atoms with Gasteiger partial charge in [0.1, 0.15) is 5.52 Å². The van der Waals surface area contributed by atoms with Gasteiger partial charge in [-0.25, -0.2) is 4.98 Å². The van der Waals surface area contributed by atoms with Crippen LogP contribution in [0, 0.1) is 10.1 Å². The van der Waals surface area contributed by atoms with Gasteiger partial charge in [0, 0.05) is 17.3 Å². The number of hydrogen-bond acceptors (Lipinski definition) is 6. The van der Waals surface area contributed by atoms with Gasteiger partial charge in [-0.05, 0) is 42.5 Å². The summed E-state index contributed by atoms with van der Waals surface area (Å²) >= 11 is 6.30. The summed E-state index contributed by atoms with van der Waals surface area (Å²) in [6, 6.07) is 16.1. The highest BCUT2D eigenvalue weighted by atomic mass is 35.5. The zero-order valence-electron chi connectivity index (χ0n) is 15.6. The topological polar surface area (TPSA) is 108 Å². The molecule has 0 atom stereocenters. The summed E-state index contributed by atoms with van der Waals surface area (Å²) in [6.07, 6.45) is 0. The van der Waals surface area contributed by atoms with E-state index in [9.17, 15) is 14.9 Å². The molecular formula is C21H14ClN3O5. The SMILES string of the molecule is COc1ccc(C(=O)Nc2ccc(Cl)c(-c3nc4ccccc4o3)c2)cc1[N+](=O)[O-]. The molecule has 150 valence electrons. The van der Waals surface area contributed by atoms with Crippen molar-refractivity contribution in [2.75, 3.05) is 12.4 Å². The number of aromatic nitrogens is 1. The van der Waals surface area contributed by atoms with Gasteiger partial charge in [0.15, 0.2) is 11.3 Å². The van der Waals surface area contributed by atoms with Crippen LogP contribution in [0.4, 0.5) is 11.4 Å². The highest BCUT2D eigenvalue weighted by Crippen LogP contribution is 2.33. The fourth-order valence-electron chi connectivity index (χ4n) is 2.93. The van der Waals surface area contributed by atoms with E-state index in [2.05, 4.69) is 10.3 Å². The number of oxazole rings is 1. The Morgan fingerprint density at radius 1 is 1.17 bits per heavy atom. The Morgan fingerprint density at radius 3 is 2.70 bits per heavy atom. The number of nitrogens with zero attached hydrogens (tertiary/aromatic N) is 2. The van der Waals surface area contributed by atoms with Crippen molar-refractivity contribution >= 4 is 40.0 Å². The molecule has 0 saturated heterocycles. The number of ether oxygens (including phenoxy) is 1. The van der Waals surface area contributed by atoms with Gasteiger partial charge in [-0.1, -0.05) is 23.7 Å². The number of fused-ring (bicyclic) bond motifs is 1. The number of carbonyl (C=O) groups excluding carboxylic acids is 1. The third kappa shape index (κ3) is 3.68. The smallest absolute Gasteiger partial charge is 0.311 e. The number of hydrogen-bond donors (Lipinski definition) is 1. The first kappa shape index (κ1) is 19.4. The molecule has 4 rings (SSSR count). The van der Waals surface area contributed by atoms with Gasteiger partial charge in [-0.15, -0.1) is 0 Å². The lowest BCUT2D eigenvalue weighted by atomic mass is 10.1. The number of rotatable bonds is 5. The minimum atomic E-state index is -0.608. The first-order valence-electron chi connectivity index (χ1n) is 8.75. The molecule has 1 heterocycles. The Hall–Kier alpha value is -3.91. The van der Waals surface area contributed by atoms with E-state index in [1.807, 2.05) is 18.2 Å². The largest absolute Gasteiger partial charge is 0.490 e. The van der Waals surface area contributed by atoms with Crippen LogP contribution >= 0.6 is 11.6 Å². The number of carbonyl (C=O) groups is 1. The van der Waals surface area contributed by atoms with Crippen molar-refractivity contribution in [3.05, 3.63) is 81.4 Å². The average Bonchev–Trinajstić information content (AvgIpc) is 3.18. The van der Waals surface area contributed by atoms with Gasteiger partial charge in [-0.3, -0.25) is 14.9 Å². The summed E-state index contributed by atoms with van der Waals surface area (Å²) in [4.78, 5) is 27.6. The molecule has 9 heteroatoms. The number of amides is 1. The number of halogens is 1. The van der Waals surface area contributed by atoms with E-state index in [1.165, 1.54) is 19.2 Å². The summed E-state index contributed by atoms with van der Waals surface area (Å²) < 4.78 is 10.7. The van der Waals surface area contributed by atoms with Crippen molar-refractivity contribution in [2.24, 2.45) is 0 Å². The molecule has 0 saturated carbocycles. The summed E-state index contributed by atoms with van der Waals surface area (Å²) in [7, 11) is 1.32. The average molecular weight is 424 g/mol. The number of nitro benzene ring substituents is 1. The van der Waals surface area contributed by atoms with Gasteiger partial charge < -0.3 is 14.5 Å². The van der Waals surface area contributed by atoms with E-state index < -0.39 is 10.8 Å². The predicted octanol–water partition coefficient (Wildman–Crippen LogP) is 5.32. The fourth-order valence-corrected chi connectivity index (χ4v) is 3.13. The van der Waals surface area contributed by atoms with Crippen LogP contribution < -0.4 is 10.1 Å². The minimum absolute atomic E-state index is 0.0706. The third-order valence-electron chi connectivity index (χ3n) is 4.39. The number of nitro groups is 1. The van der Waals surface area contributed by atoms with E-state index in [0.29, 0.717) is 33.3 Å². The summed E-state index contributed by atoms with van der Waals surface area (Å²) in [5, 5.41) is 14.3. The van der Waals surface area contributed by atoms with Crippen LogP contribution in [0.2, 0.25) is 5.02 Å². The van der Waals surface area contributed by atoms with Crippen molar-refractivity contribution < 1.29 is 18.9 Å². The van der Waals surface area contributed by atoms with Crippen LogP contribution in [-0.4, -0.2) is 22.9 Å².